The van der Waals surface area contributed by atoms with Gasteiger partial charge in [0.1, 0.15) is 0 Å². The molecule has 2 aromatic carbocycles. The monoisotopic (exact) mass is 384 g/mol. The molecule has 122 valence electrons. The van der Waals surface area contributed by atoms with Crippen molar-refractivity contribution in [3.63, 3.8) is 0 Å². The second kappa shape index (κ2) is 10.0. The topological polar surface area (TPSA) is 24.1 Å². The molecule has 0 saturated heterocycles. The number of halogens is 2. The Labute approximate surface area is 157 Å². The molecule has 0 bridgehead atoms. The van der Waals surface area contributed by atoms with Crippen molar-refractivity contribution in [3.8, 4) is 0 Å². The van der Waals surface area contributed by atoms with Gasteiger partial charge in [0.15, 0.2) is 5.11 Å². The summed E-state index contributed by atoms with van der Waals surface area (Å²) in [6.45, 7) is 0.837. The summed E-state index contributed by atoms with van der Waals surface area (Å²) >= 11 is 19.1. The lowest BCUT2D eigenvalue weighted by Crippen LogP contribution is -2.29. The van der Waals surface area contributed by atoms with Crippen LogP contribution in [0.2, 0.25) is 10.0 Å². The maximum absolute atomic E-state index is 6.08. The Bertz CT molecular complexity index is 633. The first-order valence-corrected chi connectivity index (χ1v) is 9.58. The van der Waals surface area contributed by atoms with E-state index in [2.05, 4.69) is 22.8 Å². The van der Waals surface area contributed by atoms with Gasteiger partial charge < -0.3 is 10.6 Å². The second-order valence-corrected chi connectivity index (χ2v) is 7.25. The van der Waals surface area contributed by atoms with E-state index in [1.807, 2.05) is 48.2 Å². The molecule has 0 atom stereocenters. The highest BCUT2D eigenvalue weighted by Crippen LogP contribution is 2.20. The zero-order chi connectivity index (χ0) is 16.5. The fraction of sp³-hybridized carbons (Fsp3) is 0.235. The number of thiocarbonyl (C=S) groups is 1. The van der Waals surface area contributed by atoms with Gasteiger partial charge >= 0.3 is 0 Å². The Morgan fingerprint density at radius 2 is 1.78 bits per heavy atom. The fourth-order valence-corrected chi connectivity index (χ4v) is 3.32. The predicted molar refractivity (Wildman–Crippen MR) is 108 cm³/mol. The minimum atomic E-state index is 0.598. The third-order valence-corrected chi connectivity index (χ3v) is 5.00. The van der Waals surface area contributed by atoms with Crippen molar-refractivity contribution >= 4 is 58.0 Å². The fourth-order valence-electron chi connectivity index (χ4n) is 1.88. The summed E-state index contributed by atoms with van der Waals surface area (Å²) in [5, 5.41) is 8.34. The lowest BCUT2D eigenvalue weighted by molar-refractivity contribution is 0.854. The van der Waals surface area contributed by atoms with E-state index in [4.69, 9.17) is 35.4 Å². The van der Waals surface area contributed by atoms with Crippen LogP contribution in [0.5, 0.6) is 0 Å². The minimum Gasteiger partial charge on any atom is -0.362 e. The van der Waals surface area contributed by atoms with Crippen LogP contribution in [0.25, 0.3) is 0 Å². The first-order valence-electron chi connectivity index (χ1n) is 7.27. The number of hydrogen-bond donors (Lipinski definition) is 2. The Hall–Kier alpha value is -0.940. The molecule has 6 heteroatoms. The van der Waals surface area contributed by atoms with Gasteiger partial charge in [0, 0.05) is 17.3 Å². The molecule has 2 aromatic rings. The van der Waals surface area contributed by atoms with Crippen molar-refractivity contribution in [2.45, 2.75) is 12.2 Å². The van der Waals surface area contributed by atoms with Crippen LogP contribution in [0.15, 0.2) is 48.5 Å². The number of hydrogen-bond acceptors (Lipinski definition) is 2. The summed E-state index contributed by atoms with van der Waals surface area (Å²) < 4.78 is 0. The van der Waals surface area contributed by atoms with Crippen molar-refractivity contribution in [2.75, 3.05) is 17.6 Å². The van der Waals surface area contributed by atoms with Crippen molar-refractivity contribution < 1.29 is 0 Å². The molecule has 0 amide bonds. The SMILES string of the molecule is S=C(NCCCSCc1ccc(Cl)cc1)Nc1ccccc1Cl. The number of nitrogens with one attached hydrogen (secondary N) is 2. The molecular formula is C17H18Cl2N2S2. The number of benzene rings is 2. The molecule has 0 saturated carbocycles. The van der Waals surface area contributed by atoms with Gasteiger partial charge in [0.05, 0.1) is 10.7 Å². The standard InChI is InChI=1S/C17H18Cl2N2S2/c18-14-8-6-13(7-9-14)12-23-11-3-10-20-17(22)21-16-5-2-1-4-15(16)19/h1-2,4-9H,3,10-12H2,(H2,20,21,22). The highest BCUT2D eigenvalue weighted by molar-refractivity contribution is 7.98. The molecule has 23 heavy (non-hydrogen) atoms. The first kappa shape index (κ1) is 18.4. The molecule has 0 aliphatic rings. The van der Waals surface area contributed by atoms with Crippen LogP contribution in [0, 0.1) is 0 Å². The molecule has 0 heterocycles. The predicted octanol–water partition coefficient (Wildman–Crippen LogP) is 5.60. The Morgan fingerprint density at radius 3 is 2.52 bits per heavy atom. The maximum atomic E-state index is 6.08. The zero-order valence-electron chi connectivity index (χ0n) is 12.5. The zero-order valence-corrected chi connectivity index (χ0v) is 15.7. The van der Waals surface area contributed by atoms with Crippen LogP contribution < -0.4 is 10.6 Å². The average molecular weight is 385 g/mol. The Balaban J connectivity index is 1.57. The normalized spacial score (nSPS) is 10.3. The molecule has 0 aromatic heterocycles. The van der Waals surface area contributed by atoms with Gasteiger partial charge in [0.2, 0.25) is 0 Å². The van der Waals surface area contributed by atoms with Gasteiger partial charge in [-0.25, -0.2) is 0 Å². The minimum absolute atomic E-state index is 0.598. The first-order chi connectivity index (χ1) is 11.1. The second-order valence-electron chi connectivity index (χ2n) is 4.89. The lowest BCUT2D eigenvalue weighted by atomic mass is 10.2. The number of anilines is 1. The highest BCUT2D eigenvalue weighted by atomic mass is 35.5. The molecule has 2 nitrogen and oxygen atoms in total. The van der Waals surface area contributed by atoms with E-state index < -0.39 is 0 Å². The van der Waals surface area contributed by atoms with Crippen molar-refractivity contribution in [1.82, 2.24) is 5.32 Å². The molecule has 2 N–H and O–H groups in total. The van der Waals surface area contributed by atoms with Crippen molar-refractivity contribution in [2.24, 2.45) is 0 Å². The summed E-state index contributed by atoms with van der Waals surface area (Å²) in [7, 11) is 0. The maximum Gasteiger partial charge on any atom is 0.170 e. The quantitative estimate of drug-likeness (QED) is 0.478. The van der Waals surface area contributed by atoms with E-state index in [1.54, 1.807) is 0 Å². The van der Waals surface area contributed by atoms with Crippen LogP contribution in [0.4, 0.5) is 5.69 Å². The van der Waals surface area contributed by atoms with Crippen molar-refractivity contribution in [1.29, 1.82) is 0 Å². The van der Waals surface area contributed by atoms with Gasteiger partial charge in [-0.3, -0.25) is 0 Å². The van der Waals surface area contributed by atoms with Gasteiger partial charge in [-0.2, -0.15) is 11.8 Å². The summed E-state index contributed by atoms with van der Waals surface area (Å²) in [4.78, 5) is 0. The van der Waals surface area contributed by atoms with Crippen LogP contribution in [-0.4, -0.2) is 17.4 Å². The molecule has 0 fully saturated rings. The smallest absolute Gasteiger partial charge is 0.170 e. The van der Waals surface area contributed by atoms with Crippen LogP contribution in [-0.2, 0) is 5.75 Å². The third kappa shape index (κ3) is 7.00. The Kier molecular flexibility index (Phi) is 8.03. The molecule has 0 aliphatic heterocycles. The Morgan fingerprint density at radius 1 is 1.04 bits per heavy atom. The average Bonchev–Trinajstić information content (AvgIpc) is 2.54. The number of rotatable bonds is 7. The number of para-hydroxylation sites is 1. The van der Waals surface area contributed by atoms with E-state index in [0.717, 1.165) is 35.2 Å². The third-order valence-electron chi connectivity index (χ3n) is 3.06. The van der Waals surface area contributed by atoms with E-state index in [0.29, 0.717) is 10.1 Å². The molecule has 0 spiro atoms. The van der Waals surface area contributed by atoms with Gasteiger partial charge in [-0.1, -0.05) is 47.5 Å². The van der Waals surface area contributed by atoms with Crippen molar-refractivity contribution in [3.05, 3.63) is 64.1 Å². The van der Waals surface area contributed by atoms with E-state index in [-0.39, 0.29) is 0 Å². The van der Waals surface area contributed by atoms with Crippen LogP contribution in [0.1, 0.15) is 12.0 Å². The number of thioether (sulfide) groups is 1. The van der Waals surface area contributed by atoms with Crippen LogP contribution in [0.3, 0.4) is 0 Å². The van der Waals surface area contributed by atoms with E-state index in [1.165, 1.54) is 5.56 Å². The van der Waals surface area contributed by atoms with Gasteiger partial charge in [0.25, 0.3) is 0 Å². The highest BCUT2D eigenvalue weighted by Gasteiger charge is 2.01. The molecule has 0 radical (unpaired) electrons. The summed E-state index contributed by atoms with van der Waals surface area (Å²) in [5.74, 6) is 2.07. The lowest BCUT2D eigenvalue weighted by Gasteiger charge is -2.11. The summed E-state index contributed by atoms with van der Waals surface area (Å²) in [6, 6.07) is 15.5. The van der Waals surface area contributed by atoms with Gasteiger partial charge in [-0.05, 0) is 54.2 Å². The molecule has 0 aliphatic carbocycles. The summed E-state index contributed by atoms with van der Waals surface area (Å²) in [6.07, 6.45) is 1.04. The molecule has 2 rings (SSSR count). The molecular weight excluding hydrogens is 367 g/mol. The van der Waals surface area contributed by atoms with E-state index in [9.17, 15) is 0 Å². The van der Waals surface area contributed by atoms with E-state index >= 15 is 0 Å². The molecule has 0 unspecified atom stereocenters. The van der Waals surface area contributed by atoms with Gasteiger partial charge in [-0.15, -0.1) is 0 Å². The largest absolute Gasteiger partial charge is 0.362 e. The van der Waals surface area contributed by atoms with Crippen LogP contribution >= 0.6 is 47.2 Å². The summed E-state index contributed by atoms with van der Waals surface area (Å²) in [5.41, 5.74) is 2.12.